The summed E-state index contributed by atoms with van der Waals surface area (Å²) >= 11 is 1.64. The van der Waals surface area contributed by atoms with Gasteiger partial charge in [0, 0.05) is 65.0 Å². The van der Waals surface area contributed by atoms with E-state index in [1.807, 2.05) is 36.0 Å². The van der Waals surface area contributed by atoms with E-state index < -0.39 is 0 Å². The lowest BCUT2D eigenvalue weighted by Gasteiger charge is -2.00. The molecule has 1 N–H and O–H groups in total. The number of rotatable bonds is 4. The average Bonchev–Trinajstić information content (AvgIpc) is 3.39. The number of nitrogens with zero attached hydrogens (tertiary/aromatic N) is 4. The highest BCUT2D eigenvalue weighted by Gasteiger charge is 2.16. The zero-order chi connectivity index (χ0) is 18.4. The van der Waals surface area contributed by atoms with Gasteiger partial charge in [-0.1, -0.05) is 18.2 Å². The third-order valence-corrected chi connectivity index (χ3v) is 5.75. The molecular weight excluding hydrogens is 356 g/mol. The van der Waals surface area contributed by atoms with Crippen LogP contribution in [0.2, 0.25) is 0 Å². The van der Waals surface area contributed by atoms with Crippen LogP contribution in [0.3, 0.4) is 0 Å². The summed E-state index contributed by atoms with van der Waals surface area (Å²) in [4.78, 5) is 9.41. The fraction of sp³-hybridized carbons (Fsp3) is 0.143. The van der Waals surface area contributed by atoms with E-state index in [2.05, 4.69) is 45.5 Å². The molecule has 5 rings (SSSR count). The van der Waals surface area contributed by atoms with E-state index in [0.29, 0.717) is 6.54 Å². The summed E-state index contributed by atoms with van der Waals surface area (Å²) in [7, 11) is 2.01. The number of fused-ring (bicyclic) bond motifs is 2. The number of hydrogen-bond donors (Lipinski definition) is 1. The lowest BCUT2D eigenvalue weighted by Crippen LogP contribution is -1.99. The van der Waals surface area contributed by atoms with E-state index in [0.717, 1.165) is 43.8 Å². The summed E-state index contributed by atoms with van der Waals surface area (Å²) in [5.74, 6) is 0. The van der Waals surface area contributed by atoms with E-state index in [-0.39, 0.29) is 6.61 Å². The lowest BCUT2D eigenvalue weighted by atomic mass is 10.1. The molecule has 0 spiro atoms. The molecule has 0 saturated heterocycles. The molecule has 4 heterocycles. The number of hydrogen-bond acceptors (Lipinski definition) is 4. The first-order chi connectivity index (χ1) is 13.3. The third kappa shape index (κ3) is 2.57. The summed E-state index contributed by atoms with van der Waals surface area (Å²) in [6.45, 7) is 0.692. The molecule has 0 unspecified atom stereocenters. The van der Waals surface area contributed by atoms with Crippen molar-refractivity contribution in [2.45, 2.75) is 6.54 Å². The van der Waals surface area contributed by atoms with Crippen molar-refractivity contribution < 1.29 is 5.11 Å². The fourth-order valence-electron chi connectivity index (χ4n) is 3.65. The van der Waals surface area contributed by atoms with Crippen molar-refractivity contribution in [1.82, 2.24) is 19.1 Å². The molecule has 1 aromatic carbocycles. The number of para-hydroxylation sites is 1. The number of pyridine rings is 1. The molecule has 6 heteroatoms. The van der Waals surface area contributed by atoms with Crippen molar-refractivity contribution in [3.63, 3.8) is 0 Å². The Kier molecular flexibility index (Phi) is 3.81. The van der Waals surface area contributed by atoms with Gasteiger partial charge in [-0.15, -0.1) is 11.3 Å². The maximum Gasteiger partial charge on any atom is 0.140 e. The predicted molar refractivity (Wildman–Crippen MR) is 110 cm³/mol. The van der Waals surface area contributed by atoms with Crippen molar-refractivity contribution in [3.05, 3.63) is 60.4 Å². The summed E-state index contributed by atoms with van der Waals surface area (Å²) in [6, 6.07) is 12.3. The standard InChI is InChI=1S/C21H18N4OS/c1-24-11-16(15-6-4-8-22-20(15)24)18-13-27-21(23-18)17-12-25(9-10-26)19-7-3-2-5-14(17)19/h2-8,11-13,26H,9-10H2,1H3. The van der Waals surface area contributed by atoms with Gasteiger partial charge in [0.1, 0.15) is 10.7 Å². The summed E-state index contributed by atoms with van der Waals surface area (Å²) in [5.41, 5.74) is 5.25. The number of aliphatic hydroxyl groups is 1. The molecule has 0 amide bonds. The second-order valence-electron chi connectivity index (χ2n) is 6.54. The quantitative estimate of drug-likeness (QED) is 0.510. The maximum absolute atomic E-state index is 9.37. The number of aliphatic hydroxyl groups excluding tert-OH is 1. The van der Waals surface area contributed by atoms with E-state index in [1.165, 1.54) is 0 Å². The molecule has 0 fully saturated rings. The van der Waals surface area contributed by atoms with Crippen LogP contribution in [0.5, 0.6) is 0 Å². The van der Waals surface area contributed by atoms with Gasteiger partial charge in [-0.3, -0.25) is 0 Å². The smallest absolute Gasteiger partial charge is 0.140 e. The van der Waals surface area contributed by atoms with Gasteiger partial charge in [-0.2, -0.15) is 0 Å². The molecule has 0 atom stereocenters. The molecule has 5 aromatic rings. The monoisotopic (exact) mass is 374 g/mol. The minimum absolute atomic E-state index is 0.115. The zero-order valence-electron chi connectivity index (χ0n) is 14.8. The maximum atomic E-state index is 9.37. The normalized spacial score (nSPS) is 11.6. The summed E-state index contributed by atoms with van der Waals surface area (Å²) in [5, 5.41) is 14.7. The Morgan fingerprint density at radius 1 is 1.04 bits per heavy atom. The molecular formula is C21H18N4OS. The SMILES string of the molecule is Cn1cc(-c2csc(-c3cn(CCO)c4ccccc34)n2)c2cccnc21. The lowest BCUT2D eigenvalue weighted by molar-refractivity contribution is 0.278. The predicted octanol–water partition coefficient (Wildman–Crippen LogP) is 4.31. The van der Waals surface area contributed by atoms with Gasteiger partial charge >= 0.3 is 0 Å². The van der Waals surface area contributed by atoms with Crippen LogP contribution in [0.4, 0.5) is 0 Å². The highest BCUT2D eigenvalue weighted by molar-refractivity contribution is 7.13. The second-order valence-corrected chi connectivity index (χ2v) is 7.40. The molecule has 134 valence electrons. The van der Waals surface area contributed by atoms with Gasteiger partial charge in [0.25, 0.3) is 0 Å². The van der Waals surface area contributed by atoms with Crippen LogP contribution in [-0.4, -0.2) is 30.8 Å². The van der Waals surface area contributed by atoms with Crippen molar-refractivity contribution in [3.8, 4) is 21.8 Å². The topological polar surface area (TPSA) is 55.9 Å². The van der Waals surface area contributed by atoms with Crippen LogP contribution in [-0.2, 0) is 13.6 Å². The Hall–Kier alpha value is -2.96. The Morgan fingerprint density at radius 3 is 2.78 bits per heavy atom. The van der Waals surface area contributed by atoms with Gasteiger partial charge in [0.15, 0.2) is 0 Å². The second kappa shape index (κ2) is 6.33. The average molecular weight is 374 g/mol. The first-order valence-electron chi connectivity index (χ1n) is 8.81. The minimum atomic E-state index is 0.115. The molecule has 0 saturated carbocycles. The van der Waals surface area contributed by atoms with E-state index in [1.54, 1.807) is 11.3 Å². The van der Waals surface area contributed by atoms with E-state index >= 15 is 0 Å². The van der Waals surface area contributed by atoms with Gasteiger partial charge in [0.05, 0.1) is 12.3 Å². The Labute approximate surface area is 160 Å². The van der Waals surface area contributed by atoms with Crippen molar-refractivity contribution >= 4 is 33.3 Å². The molecule has 0 radical (unpaired) electrons. The molecule has 0 aliphatic carbocycles. The third-order valence-electron chi connectivity index (χ3n) is 4.87. The van der Waals surface area contributed by atoms with Crippen LogP contribution in [0, 0.1) is 0 Å². The van der Waals surface area contributed by atoms with Crippen molar-refractivity contribution in [1.29, 1.82) is 0 Å². The van der Waals surface area contributed by atoms with Gasteiger partial charge in [-0.25, -0.2) is 9.97 Å². The molecule has 5 nitrogen and oxygen atoms in total. The number of aryl methyl sites for hydroxylation is 1. The first kappa shape index (κ1) is 16.2. The first-order valence-corrected chi connectivity index (χ1v) is 9.69. The highest BCUT2D eigenvalue weighted by atomic mass is 32.1. The molecule has 4 aromatic heterocycles. The number of benzene rings is 1. The summed E-state index contributed by atoms with van der Waals surface area (Å²) in [6.07, 6.45) is 5.99. The zero-order valence-corrected chi connectivity index (χ0v) is 15.6. The number of thiazole rings is 1. The number of aromatic nitrogens is 4. The largest absolute Gasteiger partial charge is 0.395 e. The van der Waals surface area contributed by atoms with Crippen LogP contribution >= 0.6 is 11.3 Å². The minimum Gasteiger partial charge on any atom is -0.395 e. The fourth-order valence-corrected chi connectivity index (χ4v) is 4.49. The van der Waals surface area contributed by atoms with Gasteiger partial charge < -0.3 is 14.2 Å². The Morgan fingerprint density at radius 2 is 1.89 bits per heavy atom. The van der Waals surface area contributed by atoms with E-state index in [9.17, 15) is 5.11 Å². The van der Waals surface area contributed by atoms with Gasteiger partial charge in [-0.05, 0) is 18.2 Å². The Bertz CT molecular complexity index is 1260. The van der Waals surface area contributed by atoms with Crippen LogP contribution in [0.1, 0.15) is 0 Å². The molecule has 27 heavy (non-hydrogen) atoms. The molecule has 0 bridgehead atoms. The van der Waals surface area contributed by atoms with Crippen molar-refractivity contribution in [2.75, 3.05) is 6.61 Å². The summed E-state index contributed by atoms with van der Waals surface area (Å²) < 4.78 is 4.13. The van der Waals surface area contributed by atoms with Crippen LogP contribution < -0.4 is 0 Å². The van der Waals surface area contributed by atoms with E-state index in [4.69, 9.17) is 4.98 Å². The van der Waals surface area contributed by atoms with Crippen LogP contribution in [0.25, 0.3) is 43.8 Å². The molecule has 0 aliphatic heterocycles. The molecule has 0 aliphatic rings. The Balaban J connectivity index is 1.65. The van der Waals surface area contributed by atoms with Crippen LogP contribution in [0.15, 0.2) is 60.4 Å². The van der Waals surface area contributed by atoms with Crippen molar-refractivity contribution in [2.24, 2.45) is 7.05 Å². The van der Waals surface area contributed by atoms with Gasteiger partial charge in [0.2, 0.25) is 0 Å². The highest BCUT2D eigenvalue weighted by Crippen LogP contribution is 2.36.